The largest absolute Gasteiger partial charge is 0.454 e. The third kappa shape index (κ3) is 3.61. The smallest absolute Gasteiger partial charge is 0.239 e. The van der Waals surface area contributed by atoms with Gasteiger partial charge in [0.1, 0.15) is 0 Å². The summed E-state index contributed by atoms with van der Waals surface area (Å²) in [4.78, 5) is 14.6. The Morgan fingerprint density at radius 3 is 2.65 bits per heavy atom. The van der Waals surface area contributed by atoms with E-state index in [2.05, 4.69) is 6.92 Å². The molecule has 1 aliphatic heterocycles. The van der Waals surface area contributed by atoms with E-state index in [1.54, 1.807) is 6.92 Å². The first-order valence-electron chi connectivity index (χ1n) is 8.49. The monoisotopic (exact) mass is 318 g/mol. The summed E-state index contributed by atoms with van der Waals surface area (Å²) in [5.41, 5.74) is 6.94. The topological polar surface area (TPSA) is 64.8 Å². The Morgan fingerprint density at radius 2 is 1.96 bits per heavy atom. The van der Waals surface area contributed by atoms with Crippen LogP contribution in [0.25, 0.3) is 0 Å². The van der Waals surface area contributed by atoms with Gasteiger partial charge in [0.15, 0.2) is 11.5 Å². The van der Waals surface area contributed by atoms with Gasteiger partial charge in [0, 0.05) is 12.6 Å². The molecule has 23 heavy (non-hydrogen) atoms. The van der Waals surface area contributed by atoms with Crippen molar-refractivity contribution >= 4 is 5.91 Å². The highest BCUT2D eigenvalue weighted by molar-refractivity contribution is 5.81. The molecule has 3 rings (SSSR count). The molecular weight excluding hydrogens is 292 g/mol. The van der Waals surface area contributed by atoms with Crippen LogP contribution in [0.5, 0.6) is 11.5 Å². The molecule has 1 aliphatic carbocycles. The van der Waals surface area contributed by atoms with Crippen molar-refractivity contribution in [2.75, 3.05) is 6.79 Å². The minimum Gasteiger partial charge on any atom is -0.454 e. The van der Waals surface area contributed by atoms with Crippen LogP contribution in [0.2, 0.25) is 0 Å². The Labute approximate surface area is 137 Å². The van der Waals surface area contributed by atoms with Crippen molar-refractivity contribution in [2.24, 2.45) is 11.7 Å². The molecule has 0 radical (unpaired) electrons. The highest BCUT2D eigenvalue weighted by Gasteiger charge is 2.29. The summed E-state index contributed by atoms with van der Waals surface area (Å²) in [6, 6.07) is 5.70. The number of nitrogens with two attached hydrogens (primary N) is 1. The molecule has 0 saturated heterocycles. The number of carbonyl (C=O) groups excluding carboxylic acids is 1. The maximum Gasteiger partial charge on any atom is 0.239 e. The van der Waals surface area contributed by atoms with E-state index >= 15 is 0 Å². The van der Waals surface area contributed by atoms with Crippen LogP contribution < -0.4 is 15.2 Å². The lowest BCUT2D eigenvalue weighted by Gasteiger charge is -2.37. The van der Waals surface area contributed by atoms with E-state index < -0.39 is 6.04 Å². The van der Waals surface area contributed by atoms with Crippen LogP contribution in [-0.2, 0) is 11.3 Å². The zero-order chi connectivity index (χ0) is 16.4. The van der Waals surface area contributed by atoms with Gasteiger partial charge in [0.2, 0.25) is 12.7 Å². The molecule has 1 aromatic rings. The number of hydrogen-bond donors (Lipinski definition) is 1. The van der Waals surface area contributed by atoms with Gasteiger partial charge in [-0.05, 0) is 56.2 Å². The summed E-state index contributed by atoms with van der Waals surface area (Å²) in [6.45, 7) is 4.89. The first-order chi connectivity index (χ1) is 11.0. The van der Waals surface area contributed by atoms with Crippen molar-refractivity contribution < 1.29 is 14.3 Å². The normalized spacial score (nSPS) is 24.3. The third-order valence-corrected chi connectivity index (χ3v) is 4.89. The van der Waals surface area contributed by atoms with Crippen molar-refractivity contribution in [3.63, 3.8) is 0 Å². The molecule has 5 heteroatoms. The SMILES string of the molecule is CC1CCC(N(Cc2ccc3c(c2)OCO3)C(=O)[C@H](C)N)CC1. The van der Waals surface area contributed by atoms with Crippen LogP contribution in [0, 0.1) is 5.92 Å². The van der Waals surface area contributed by atoms with Gasteiger partial charge in [0.25, 0.3) is 0 Å². The minimum atomic E-state index is -0.469. The Kier molecular flexibility index (Phi) is 4.76. The molecule has 0 unspecified atom stereocenters. The third-order valence-electron chi connectivity index (χ3n) is 4.89. The van der Waals surface area contributed by atoms with Gasteiger partial charge in [-0.25, -0.2) is 0 Å². The van der Waals surface area contributed by atoms with Crippen molar-refractivity contribution in [1.29, 1.82) is 0 Å². The lowest BCUT2D eigenvalue weighted by atomic mass is 9.86. The zero-order valence-electron chi connectivity index (χ0n) is 14.0. The van der Waals surface area contributed by atoms with Crippen LogP contribution in [0.1, 0.15) is 45.1 Å². The van der Waals surface area contributed by atoms with Crippen LogP contribution in [0.4, 0.5) is 0 Å². The fourth-order valence-corrected chi connectivity index (χ4v) is 3.44. The summed E-state index contributed by atoms with van der Waals surface area (Å²) < 4.78 is 10.8. The predicted molar refractivity (Wildman–Crippen MR) is 88.2 cm³/mol. The van der Waals surface area contributed by atoms with Gasteiger partial charge in [-0.15, -0.1) is 0 Å². The van der Waals surface area contributed by atoms with E-state index in [4.69, 9.17) is 15.2 Å². The molecule has 126 valence electrons. The average Bonchev–Trinajstić information content (AvgIpc) is 3.00. The fraction of sp³-hybridized carbons (Fsp3) is 0.611. The number of nitrogens with zero attached hydrogens (tertiary/aromatic N) is 1. The maximum absolute atomic E-state index is 12.6. The Bertz CT molecular complexity index is 565. The van der Waals surface area contributed by atoms with Crippen molar-refractivity contribution in [3.05, 3.63) is 23.8 Å². The standard InChI is InChI=1S/C18H26N2O3/c1-12-3-6-15(7-4-12)20(18(21)13(2)19)10-14-5-8-16-17(9-14)23-11-22-16/h5,8-9,12-13,15H,3-4,6-7,10-11,19H2,1-2H3/t12?,13-,15?/m0/s1. The molecule has 1 heterocycles. The number of fused-ring (bicyclic) bond motifs is 1. The minimum absolute atomic E-state index is 0.0298. The second-order valence-corrected chi connectivity index (χ2v) is 6.86. The molecule has 1 atom stereocenters. The van der Waals surface area contributed by atoms with Gasteiger partial charge in [0.05, 0.1) is 6.04 Å². The Morgan fingerprint density at radius 1 is 1.26 bits per heavy atom. The molecule has 0 bridgehead atoms. The molecule has 0 aromatic heterocycles. The lowest BCUT2D eigenvalue weighted by Crippen LogP contribution is -2.48. The summed E-state index contributed by atoms with van der Waals surface area (Å²) in [5, 5.41) is 0. The number of carbonyl (C=O) groups is 1. The van der Waals surface area contributed by atoms with Crippen LogP contribution in [0.3, 0.4) is 0 Å². The van der Waals surface area contributed by atoms with Crippen molar-refractivity contribution in [1.82, 2.24) is 4.90 Å². The Balaban J connectivity index is 1.76. The molecule has 0 spiro atoms. The molecule has 2 aliphatic rings. The quantitative estimate of drug-likeness (QED) is 0.927. The van der Waals surface area contributed by atoms with Crippen LogP contribution >= 0.6 is 0 Å². The summed E-state index contributed by atoms with van der Waals surface area (Å²) >= 11 is 0. The van der Waals surface area contributed by atoms with Gasteiger partial charge < -0.3 is 20.1 Å². The lowest BCUT2D eigenvalue weighted by molar-refractivity contribution is -0.136. The number of rotatable bonds is 4. The van der Waals surface area contributed by atoms with E-state index in [1.165, 1.54) is 12.8 Å². The number of ether oxygens (including phenoxy) is 2. The van der Waals surface area contributed by atoms with Crippen LogP contribution in [0.15, 0.2) is 18.2 Å². The van der Waals surface area contributed by atoms with E-state index in [1.807, 2.05) is 23.1 Å². The van der Waals surface area contributed by atoms with E-state index in [-0.39, 0.29) is 18.7 Å². The summed E-state index contributed by atoms with van der Waals surface area (Å²) in [6.07, 6.45) is 4.47. The molecule has 1 saturated carbocycles. The number of hydrogen-bond acceptors (Lipinski definition) is 4. The molecule has 5 nitrogen and oxygen atoms in total. The number of benzene rings is 1. The highest BCUT2D eigenvalue weighted by atomic mass is 16.7. The second-order valence-electron chi connectivity index (χ2n) is 6.86. The predicted octanol–water partition coefficient (Wildman–Crippen LogP) is 2.67. The Hall–Kier alpha value is -1.75. The van der Waals surface area contributed by atoms with E-state index in [0.29, 0.717) is 6.54 Å². The summed E-state index contributed by atoms with van der Waals surface area (Å²) in [5.74, 6) is 2.31. The second kappa shape index (κ2) is 6.79. The number of amides is 1. The van der Waals surface area contributed by atoms with Gasteiger partial charge >= 0.3 is 0 Å². The first-order valence-corrected chi connectivity index (χ1v) is 8.49. The molecule has 1 amide bonds. The van der Waals surface area contributed by atoms with E-state index in [9.17, 15) is 4.79 Å². The maximum atomic E-state index is 12.6. The first kappa shape index (κ1) is 16.1. The van der Waals surface area contributed by atoms with Gasteiger partial charge in [-0.3, -0.25) is 4.79 Å². The van der Waals surface area contributed by atoms with Gasteiger partial charge in [-0.1, -0.05) is 13.0 Å². The molecule has 2 N–H and O–H groups in total. The van der Waals surface area contributed by atoms with Crippen molar-refractivity contribution in [3.8, 4) is 11.5 Å². The molecule has 1 aromatic carbocycles. The zero-order valence-corrected chi connectivity index (χ0v) is 14.0. The fourth-order valence-electron chi connectivity index (χ4n) is 3.44. The molecule has 1 fully saturated rings. The average molecular weight is 318 g/mol. The summed E-state index contributed by atoms with van der Waals surface area (Å²) in [7, 11) is 0. The van der Waals surface area contributed by atoms with Gasteiger partial charge in [-0.2, -0.15) is 0 Å². The van der Waals surface area contributed by atoms with Crippen LogP contribution in [-0.4, -0.2) is 29.7 Å². The van der Waals surface area contributed by atoms with Crippen molar-refractivity contribution in [2.45, 2.75) is 58.2 Å². The molecular formula is C18H26N2O3. The highest BCUT2D eigenvalue weighted by Crippen LogP contribution is 2.34. The van der Waals surface area contributed by atoms with E-state index in [0.717, 1.165) is 35.8 Å².